The van der Waals surface area contributed by atoms with E-state index in [1.165, 1.54) is 0 Å². The van der Waals surface area contributed by atoms with Crippen LogP contribution in [0.25, 0.3) is 0 Å². The minimum absolute atomic E-state index is 0.492. The zero-order valence-electron chi connectivity index (χ0n) is 11.4. The first-order valence-corrected chi connectivity index (χ1v) is 6.07. The molecule has 0 saturated carbocycles. The third kappa shape index (κ3) is 4.06. The fourth-order valence-electron chi connectivity index (χ4n) is 1.69. The minimum atomic E-state index is -1.07. The van der Waals surface area contributed by atoms with Crippen molar-refractivity contribution in [3.8, 4) is 0 Å². The van der Waals surface area contributed by atoms with Gasteiger partial charge in [-0.15, -0.1) is 0 Å². The van der Waals surface area contributed by atoms with E-state index in [1.54, 1.807) is 45.0 Å². The average molecular weight is 264 g/mol. The van der Waals surface area contributed by atoms with Gasteiger partial charge in [-0.3, -0.25) is 4.79 Å². The minimum Gasteiger partial charge on any atom is -0.480 e. The Bertz CT molecular complexity index is 452. The molecule has 0 aliphatic carbocycles. The van der Waals surface area contributed by atoms with E-state index in [9.17, 15) is 9.59 Å². The number of aliphatic carboxylic acids is 1. The molecule has 4 N–H and O–H groups in total. The van der Waals surface area contributed by atoms with E-state index >= 15 is 0 Å². The van der Waals surface area contributed by atoms with Crippen LogP contribution in [0.15, 0.2) is 30.3 Å². The molecule has 0 saturated heterocycles. The predicted molar refractivity (Wildman–Crippen MR) is 72.4 cm³/mol. The molecular weight excluding hydrogens is 244 g/mol. The number of nitrogens with one attached hydrogen (secondary N) is 1. The molecule has 1 rings (SSSR count). The predicted octanol–water partition coefficient (Wildman–Crippen LogP) is 1.30. The van der Waals surface area contributed by atoms with Gasteiger partial charge >= 0.3 is 5.97 Å². The maximum atomic E-state index is 12.0. The lowest BCUT2D eigenvalue weighted by molar-refractivity contribution is -0.145. The summed E-state index contributed by atoms with van der Waals surface area (Å²) in [6.45, 7) is 5.25. The largest absolute Gasteiger partial charge is 0.480 e. The van der Waals surface area contributed by atoms with Crippen molar-refractivity contribution in [1.29, 1.82) is 0 Å². The van der Waals surface area contributed by atoms with Gasteiger partial charge in [-0.25, -0.2) is 4.79 Å². The number of carboxylic acid groups (broad SMARTS) is 1. The fraction of sp³-hybridized carbons (Fsp3) is 0.429. The molecule has 1 aromatic rings. The van der Waals surface area contributed by atoms with Crippen molar-refractivity contribution in [2.75, 3.05) is 0 Å². The summed E-state index contributed by atoms with van der Waals surface area (Å²) in [5.74, 6) is -1.56. The van der Waals surface area contributed by atoms with Crippen LogP contribution in [0.1, 0.15) is 32.4 Å². The van der Waals surface area contributed by atoms with Gasteiger partial charge in [0.15, 0.2) is 0 Å². The number of nitrogens with two attached hydrogens (primary N) is 1. The molecule has 2 atom stereocenters. The van der Waals surface area contributed by atoms with Gasteiger partial charge in [0.2, 0.25) is 5.91 Å². The third-order valence-corrected chi connectivity index (χ3v) is 2.84. The van der Waals surface area contributed by atoms with Crippen molar-refractivity contribution in [2.45, 2.75) is 32.9 Å². The number of benzene rings is 1. The van der Waals surface area contributed by atoms with E-state index < -0.39 is 29.4 Å². The summed E-state index contributed by atoms with van der Waals surface area (Å²) in [7, 11) is 0. The molecule has 0 bridgehead atoms. The molecule has 0 aliphatic heterocycles. The van der Waals surface area contributed by atoms with Gasteiger partial charge in [0.25, 0.3) is 0 Å². The lowest BCUT2D eigenvalue weighted by Crippen LogP contribution is -2.51. The molecule has 1 amide bonds. The van der Waals surface area contributed by atoms with Crippen molar-refractivity contribution in [2.24, 2.45) is 11.1 Å². The van der Waals surface area contributed by atoms with Crippen LogP contribution >= 0.6 is 0 Å². The molecule has 0 fully saturated rings. The normalized spacial score (nSPS) is 14.5. The van der Waals surface area contributed by atoms with E-state index in [-0.39, 0.29) is 0 Å². The van der Waals surface area contributed by atoms with Crippen LogP contribution in [0.2, 0.25) is 0 Å². The molecule has 0 heterocycles. The van der Waals surface area contributed by atoms with Gasteiger partial charge in [-0.2, -0.15) is 0 Å². The molecule has 19 heavy (non-hydrogen) atoms. The van der Waals surface area contributed by atoms with Crippen molar-refractivity contribution in [1.82, 2.24) is 5.32 Å². The molecule has 0 spiro atoms. The summed E-state index contributed by atoms with van der Waals surface area (Å²) < 4.78 is 0. The van der Waals surface area contributed by atoms with E-state index in [0.29, 0.717) is 5.56 Å². The lowest BCUT2D eigenvalue weighted by atomic mass is 9.86. The van der Waals surface area contributed by atoms with E-state index in [1.807, 2.05) is 6.07 Å². The Kier molecular flexibility index (Phi) is 4.67. The number of carbonyl (C=O) groups is 2. The van der Waals surface area contributed by atoms with Crippen molar-refractivity contribution in [3.05, 3.63) is 35.9 Å². The van der Waals surface area contributed by atoms with Crippen LogP contribution in [0.3, 0.4) is 0 Å². The Morgan fingerprint density at radius 2 is 1.74 bits per heavy atom. The van der Waals surface area contributed by atoms with E-state index in [2.05, 4.69) is 5.32 Å². The fourth-order valence-corrected chi connectivity index (χ4v) is 1.69. The Labute approximate surface area is 112 Å². The first-order chi connectivity index (χ1) is 8.73. The molecule has 5 heteroatoms. The number of hydrogen-bond donors (Lipinski definition) is 3. The summed E-state index contributed by atoms with van der Waals surface area (Å²) in [6.07, 6.45) is 0. The molecule has 5 nitrogen and oxygen atoms in total. The molecule has 0 radical (unpaired) electrons. The van der Waals surface area contributed by atoms with Gasteiger partial charge in [-0.05, 0) is 11.0 Å². The van der Waals surface area contributed by atoms with Crippen LogP contribution in [-0.2, 0) is 9.59 Å². The Morgan fingerprint density at radius 3 is 2.16 bits per heavy atom. The molecular formula is C14H20N2O3. The summed E-state index contributed by atoms with van der Waals surface area (Å²) in [5, 5.41) is 11.6. The van der Waals surface area contributed by atoms with Crippen molar-refractivity contribution >= 4 is 11.9 Å². The summed E-state index contributed by atoms with van der Waals surface area (Å²) in [5.41, 5.74) is 5.89. The van der Waals surface area contributed by atoms with Gasteiger partial charge in [-0.1, -0.05) is 51.1 Å². The first-order valence-electron chi connectivity index (χ1n) is 6.07. The highest BCUT2D eigenvalue weighted by Crippen LogP contribution is 2.20. The zero-order chi connectivity index (χ0) is 14.6. The molecule has 104 valence electrons. The van der Waals surface area contributed by atoms with Gasteiger partial charge in [0, 0.05) is 0 Å². The van der Waals surface area contributed by atoms with Crippen molar-refractivity contribution in [3.63, 3.8) is 0 Å². The first kappa shape index (κ1) is 15.2. The molecule has 0 aliphatic rings. The number of rotatable bonds is 4. The highest BCUT2D eigenvalue weighted by molar-refractivity contribution is 5.88. The Hall–Kier alpha value is -1.88. The maximum absolute atomic E-state index is 12.0. The standard InChI is InChI=1S/C14H20N2O3/c1-14(2,3)11(13(18)19)16-12(17)10(15)9-7-5-4-6-8-9/h4-8,10-11H,15H2,1-3H3,(H,16,17)(H,18,19)/t10-,11?/m1/s1. The van der Waals surface area contributed by atoms with E-state index in [4.69, 9.17) is 10.8 Å². The van der Waals surface area contributed by atoms with Gasteiger partial charge in [0.1, 0.15) is 12.1 Å². The average Bonchev–Trinajstić information content (AvgIpc) is 2.34. The number of hydrogen-bond acceptors (Lipinski definition) is 3. The summed E-state index contributed by atoms with van der Waals surface area (Å²) in [6, 6.07) is 7.00. The Balaban J connectivity index is 2.81. The molecule has 1 unspecified atom stereocenters. The van der Waals surface area contributed by atoms with Crippen LogP contribution in [0, 0.1) is 5.41 Å². The second-order valence-electron chi connectivity index (χ2n) is 5.53. The second-order valence-corrected chi connectivity index (χ2v) is 5.53. The third-order valence-electron chi connectivity index (χ3n) is 2.84. The van der Waals surface area contributed by atoms with Crippen LogP contribution in [0.4, 0.5) is 0 Å². The van der Waals surface area contributed by atoms with Gasteiger partial charge < -0.3 is 16.2 Å². The smallest absolute Gasteiger partial charge is 0.326 e. The quantitative estimate of drug-likeness (QED) is 0.764. The van der Waals surface area contributed by atoms with E-state index in [0.717, 1.165) is 0 Å². The van der Waals surface area contributed by atoms with Crippen LogP contribution in [0.5, 0.6) is 0 Å². The lowest BCUT2D eigenvalue weighted by Gasteiger charge is -2.28. The summed E-state index contributed by atoms with van der Waals surface area (Å²) >= 11 is 0. The maximum Gasteiger partial charge on any atom is 0.326 e. The molecule has 1 aromatic carbocycles. The topological polar surface area (TPSA) is 92.4 Å². The zero-order valence-corrected chi connectivity index (χ0v) is 11.4. The van der Waals surface area contributed by atoms with Crippen LogP contribution in [-0.4, -0.2) is 23.0 Å². The van der Waals surface area contributed by atoms with Crippen LogP contribution < -0.4 is 11.1 Å². The number of amides is 1. The second kappa shape index (κ2) is 5.84. The highest BCUT2D eigenvalue weighted by atomic mass is 16.4. The summed E-state index contributed by atoms with van der Waals surface area (Å²) in [4.78, 5) is 23.2. The van der Waals surface area contributed by atoms with Crippen molar-refractivity contribution < 1.29 is 14.7 Å². The molecule has 0 aromatic heterocycles. The van der Waals surface area contributed by atoms with Gasteiger partial charge in [0.05, 0.1) is 0 Å². The number of carbonyl (C=O) groups excluding carboxylic acids is 1. The SMILES string of the molecule is CC(C)(C)C(NC(=O)[C@H](N)c1ccccc1)C(=O)O. The Morgan fingerprint density at radius 1 is 1.21 bits per heavy atom. The number of carboxylic acids is 1. The monoisotopic (exact) mass is 264 g/mol. The highest BCUT2D eigenvalue weighted by Gasteiger charge is 2.33.